The molecule has 0 heterocycles. The van der Waals surface area contributed by atoms with Gasteiger partial charge >= 0.3 is 37.9 Å². The fourth-order valence-electron chi connectivity index (χ4n) is 6.86. The molecule has 0 aliphatic heterocycles. The molecule has 0 radical (unpaired) electrons. The average molecular weight is 594 g/mol. The number of halogens is 2. The molecular formula is C29H37Cl2NO2Zr. The predicted molar refractivity (Wildman–Crippen MR) is 143 cm³/mol. The van der Waals surface area contributed by atoms with E-state index in [0.29, 0.717) is 11.8 Å². The van der Waals surface area contributed by atoms with E-state index in [1.54, 1.807) is 0 Å². The molecule has 6 heteroatoms. The minimum absolute atomic E-state index is 0.0708. The molecule has 35 heavy (non-hydrogen) atoms. The molecule has 0 saturated heterocycles. The molecule has 188 valence electrons. The van der Waals surface area contributed by atoms with Gasteiger partial charge in [0, 0.05) is 22.8 Å². The number of aromatic hydroxyl groups is 1. The second-order valence-electron chi connectivity index (χ2n) is 11.3. The molecule has 3 nitrogen and oxygen atoms in total. The van der Waals surface area contributed by atoms with Crippen molar-refractivity contribution >= 4 is 23.2 Å². The molecule has 2 aromatic rings. The molecule has 4 aliphatic rings. The zero-order valence-corrected chi connectivity index (χ0v) is 25.1. The van der Waals surface area contributed by atoms with Crippen LogP contribution in [0.5, 0.6) is 11.5 Å². The van der Waals surface area contributed by atoms with Crippen molar-refractivity contribution in [3.8, 4) is 11.5 Å². The van der Waals surface area contributed by atoms with Gasteiger partial charge in [-0.2, -0.15) is 0 Å². The van der Waals surface area contributed by atoms with Crippen LogP contribution in [0.4, 0.5) is 0 Å². The van der Waals surface area contributed by atoms with Crippen molar-refractivity contribution in [2.45, 2.75) is 77.4 Å². The summed E-state index contributed by atoms with van der Waals surface area (Å²) in [5, 5.41) is 11.4. The Hall–Kier alpha value is -0.827. The van der Waals surface area contributed by atoms with E-state index in [1.807, 2.05) is 38.3 Å². The van der Waals surface area contributed by atoms with Crippen LogP contribution in [0, 0.1) is 23.7 Å². The van der Waals surface area contributed by atoms with E-state index < -0.39 is 20.8 Å². The summed E-state index contributed by atoms with van der Waals surface area (Å²) in [4.78, 5) is 5.13. The number of rotatable bonds is 6. The first-order valence-electron chi connectivity index (χ1n) is 12.8. The monoisotopic (exact) mass is 591 g/mol. The SMILES string of the molecule is CC(C)Oc1cc(C=NC2C3CC4CC(C3)CC2C4)c(O)c(C(C)(C)c2ccccc2)c1.[Cl][Zr][Cl]. The predicted octanol–water partition coefficient (Wildman–Crippen LogP) is 8.13. The van der Waals surface area contributed by atoms with Crippen molar-refractivity contribution < 1.29 is 30.7 Å². The molecule has 4 saturated carbocycles. The van der Waals surface area contributed by atoms with Crippen molar-refractivity contribution in [2.75, 3.05) is 0 Å². The first-order chi connectivity index (χ1) is 16.7. The average Bonchev–Trinajstić information content (AvgIpc) is 2.80. The summed E-state index contributed by atoms with van der Waals surface area (Å²) in [6, 6.07) is 14.8. The van der Waals surface area contributed by atoms with Gasteiger partial charge in [0.2, 0.25) is 0 Å². The number of phenols is 1. The number of nitrogens with zero attached hydrogens (tertiary/aromatic N) is 1. The van der Waals surface area contributed by atoms with E-state index in [0.717, 1.165) is 40.5 Å². The Morgan fingerprint density at radius 2 is 1.57 bits per heavy atom. The third-order valence-corrected chi connectivity index (χ3v) is 8.22. The van der Waals surface area contributed by atoms with Crippen LogP contribution < -0.4 is 4.74 Å². The Morgan fingerprint density at radius 1 is 1.00 bits per heavy atom. The number of hydrogen-bond acceptors (Lipinski definition) is 3. The standard InChI is InChI=1S/C29H37NO2.2ClH.Zr/c1-18(2)32-25-15-23(17-30-27-21-11-19-10-20(13-21)14-22(27)12-19)28(31)26(16-25)29(3,4)24-8-6-5-7-9-24;;;/h5-9,15-22,27,31H,10-14H2,1-4H3;2*1H;/q;;;+2/p-2. The molecule has 6 rings (SSSR count). The van der Waals surface area contributed by atoms with Gasteiger partial charge in [0.05, 0.1) is 12.1 Å². The Morgan fingerprint density at radius 3 is 2.11 bits per heavy atom. The molecular weight excluding hydrogens is 556 g/mol. The summed E-state index contributed by atoms with van der Waals surface area (Å²) < 4.78 is 6.10. The Balaban J connectivity index is 0.000000917. The van der Waals surface area contributed by atoms with Crippen LogP contribution >= 0.6 is 17.0 Å². The van der Waals surface area contributed by atoms with Gasteiger partial charge in [-0.05, 0) is 87.3 Å². The van der Waals surface area contributed by atoms with Gasteiger partial charge in [0.25, 0.3) is 0 Å². The summed E-state index contributed by atoms with van der Waals surface area (Å²) >= 11 is -0.826. The molecule has 0 aromatic heterocycles. The van der Waals surface area contributed by atoms with E-state index in [4.69, 9.17) is 26.8 Å². The van der Waals surface area contributed by atoms with Crippen molar-refractivity contribution in [2.24, 2.45) is 28.7 Å². The molecule has 1 N–H and O–H groups in total. The van der Waals surface area contributed by atoms with Gasteiger partial charge in [-0.1, -0.05) is 44.2 Å². The first kappa shape index (κ1) is 27.2. The van der Waals surface area contributed by atoms with Gasteiger partial charge in [0.15, 0.2) is 0 Å². The van der Waals surface area contributed by atoms with E-state index in [1.165, 1.54) is 37.7 Å². The molecule has 4 bridgehead atoms. The summed E-state index contributed by atoms with van der Waals surface area (Å²) in [7, 11) is 9.87. The first-order valence-corrected chi connectivity index (χ1v) is 19.1. The Bertz CT molecular complexity index is 997. The second-order valence-corrected chi connectivity index (χ2v) is 15.1. The quantitative estimate of drug-likeness (QED) is 0.344. The molecule has 4 fully saturated rings. The Labute approximate surface area is 229 Å². The molecule has 0 unspecified atom stereocenters. The molecule has 0 atom stereocenters. The number of ether oxygens (including phenoxy) is 1. The van der Waals surface area contributed by atoms with Crippen LogP contribution in [0.25, 0.3) is 0 Å². The minimum atomic E-state index is -0.826. The van der Waals surface area contributed by atoms with Crippen LogP contribution in [-0.4, -0.2) is 23.5 Å². The summed E-state index contributed by atoms with van der Waals surface area (Å²) in [6.45, 7) is 8.40. The number of benzene rings is 2. The third kappa shape index (κ3) is 6.19. The van der Waals surface area contributed by atoms with Gasteiger partial charge in [-0.25, -0.2) is 0 Å². The third-order valence-electron chi connectivity index (χ3n) is 8.22. The van der Waals surface area contributed by atoms with Gasteiger partial charge in [0.1, 0.15) is 11.5 Å². The Kier molecular flexibility index (Phi) is 9.10. The topological polar surface area (TPSA) is 41.8 Å². The number of aliphatic imine (C=N–C) groups is 1. The summed E-state index contributed by atoms with van der Waals surface area (Å²) in [5.74, 6) is 4.47. The zero-order chi connectivity index (χ0) is 25.2. The van der Waals surface area contributed by atoms with Crippen molar-refractivity contribution in [3.63, 3.8) is 0 Å². The van der Waals surface area contributed by atoms with E-state index in [9.17, 15) is 5.11 Å². The van der Waals surface area contributed by atoms with Crippen molar-refractivity contribution in [3.05, 3.63) is 59.2 Å². The molecule has 0 spiro atoms. The fraction of sp³-hybridized carbons (Fsp3) is 0.552. The summed E-state index contributed by atoms with van der Waals surface area (Å²) in [6.07, 6.45) is 8.87. The fourth-order valence-corrected chi connectivity index (χ4v) is 6.86. The van der Waals surface area contributed by atoms with Crippen LogP contribution in [0.15, 0.2) is 47.5 Å². The molecule has 0 amide bonds. The van der Waals surface area contributed by atoms with E-state index >= 15 is 0 Å². The zero-order valence-electron chi connectivity index (χ0n) is 21.2. The van der Waals surface area contributed by atoms with Crippen molar-refractivity contribution in [1.82, 2.24) is 0 Å². The van der Waals surface area contributed by atoms with E-state index in [-0.39, 0.29) is 11.5 Å². The molecule has 4 aliphatic carbocycles. The van der Waals surface area contributed by atoms with E-state index in [2.05, 4.69) is 38.1 Å². The van der Waals surface area contributed by atoms with Crippen LogP contribution in [-0.2, 0) is 26.3 Å². The normalized spacial score (nSPS) is 27.1. The second kappa shape index (κ2) is 11.7. The number of hydrogen-bond donors (Lipinski definition) is 1. The van der Waals surface area contributed by atoms with Gasteiger partial charge in [-0.3, -0.25) is 4.99 Å². The van der Waals surface area contributed by atoms with Crippen LogP contribution in [0.3, 0.4) is 0 Å². The maximum atomic E-state index is 11.4. The van der Waals surface area contributed by atoms with Crippen LogP contribution in [0.2, 0.25) is 0 Å². The number of phenolic OH excluding ortho intramolecular Hbond substituents is 1. The maximum absolute atomic E-state index is 11.4. The van der Waals surface area contributed by atoms with Gasteiger partial charge < -0.3 is 9.84 Å². The van der Waals surface area contributed by atoms with Crippen LogP contribution in [0.1, 0.15) is 76.5 Å². The van der Waals surface area contributed by atoms with Crippen molar-refractivity contribution in [1.29, 1.82) is 0 Å². The summed E-state index contributed by atoms with van der Waals surface area (Å²) in [5.41, 5.74) is 2.47. The molecule has 2 aromatic carbocycles. The van der Waals surface area contributed by atoms with Gasteiger partial charge in [-0.15, -0.1) is 0 Å².